The van der Waals surface area contributed by atoms with Gasteiger partial charge in [-0.1, -0.05) is 26.7 Å². The van der Waals surface area contributed by atoms with Gasteiger partial charge in [0, 0.05) is 26.2 Å². The van der Waals surface area contributed by atoms with Crippen molar-refractivity contribution in [3.8, 4) is 0 Å². The molecular formula is C16H31F3N4. The summed E-state index contributed by atoms with van der Waals surface area (Å²) >= 11 is 0. The van der Waals surface area contributed by atoms with E-state index in [2.05, 4.69) is 34.4 Å². The van der Waals surface area contributed by atoms with E-state index in [0.29, 0.717) is 24.5 Å². The summed E-state index contributed by atoms with van der Waals surface area (Å²) in [5, 5.41) is 5.92. The third kappa shape index (κ3) is 8.44. The van der Waals surface area contributed by atoms with Gasteiger partial charge < -0.3 is 10.6 Å². The first-order valence-corrected chi connectivity index (χ1v) is 8.59. The van der Waals surface area contributed by atoms with Crippen molar-refractivity contribution < 1.29 is 13.2 Å². The Morgan fingerprint density at radius 1 is 1.09 bits per heavy atom. The first-order valence-electron chi connectivity index (χ1n) is 8.59. The maximum absolute atomic E-state index is 12.2. The molecule has 7 heteroatoms. The minimum absolute atomic E-state index is 0.154. The summed E-state index contributed by atoms with van der Waals surface area (Å²) in [7, 11) is 1.58. The minimum atomic E-state index is -4.14. The molecule has 0 radical (unpaired) electrons. The summed E-state index contributed by atoms with van der Waals surface area (Å²) in [6.07, 6.45) is 0.0280. The molecule has 1 aliphatic rings. The molecule has 0 aliphatic carbocycles. The molecule has 0 bridgehead atoms. The van der Waals surface area contributed by atoms with Crippen LogP contribution in [0.1, 0.15) is 46.0 Å². The first kappa shape index (κ1) is 20.1. The van der Waals surface area contributed by atoms with Crippen molar-refractivity contribution in [3.05, 3.63) is 0 Å². The molecule has 2 N–H and O–H groups in total. The molecule has 0 spiro atoms. The van der Waals surface area contributed by atoms with E-state index in [1.165, 1.54) is 25.7 Å². The van der Waals surface area contributed by atoms with Gasteiger partial charge in [0.25, 0.3) is 0 Å². The number of aliphatic imine (C=N–C) groups is 1. The van der Waals surface area contributed by atoms with Gasteiger partial charge in [-0.15, -0.1) is 0 Å². The number of alkyl halides is 3. The molecule has 1 saturated heterocycles. The third-order valence-electron chi connectivity index (χ3n) is 4.28. The van der Waals surface area contributed by atoms with Gasteiger partial charge in [-0.05, 0) is 31.8 Å². The van der Waals surface area contributed by atoms with Crippen molar-refractivity contribution in [2.45, 2.75) is 58.2 Å². The molecule has 1 atom stereocenters. The lowest BCUT2D eigenvalue weighted by molar-refractivity contribution is -0.132. The smallest absolute Gasteiger partial charge is 0.356 e. The van der Waals surface area contributed by atoms with E-state index in [1.54, 1.807) is 7.05 Å². The monoisotopic (exact) mass is 336 g/mol. The van der Waals surface area contributed by atoms with Crippen molar-refractivity contribution in [1.82, 2.24) is 15.5 Å². The van der Waals surface area contributed by atoms with E-state index in [0.717, 1.165) is 13.1 Å². The van der Waals surface area contributed by atoms with Crippen LogP contribution in [-0.2, 0) is 0 Å². The summed E-state index contributed by atoms with van der Waals surface area (Å²) in [5.74, 6) is 0.920. The summed E-state index contributed by atoms with van der Waals surface area (Å²) < 4.78 is 36.6. The van der Waals surface area contributed by atoms with Gasteiger partial charge in [0.1, 0.15) is 0 Å². The molecule has 1 fully saturated rings. The van der Waals surface area contributed by atoms with Crippen LogP contribution in [0, 0.1) is 5.92 Å². The topological polar surface area (TPSA) is 39.7 Å². The number of rotatable bonds is 6. The van der Waals surface area contributed by atoms with Crippen molar-refractivity contribution in [1.29, 1.82) is 0 Å². The Labute approximate surface area is 137 Å². The Kier molecular flexibility index (Phi) is 8.73. The Morgan fingerprint density at radius 3 is 2.17 bits per heavy atom. The zero-order valence-corrected chi connectivity index (χ0v) is 14.5. The van der Waals surface area contributed by atoms with Crippen LogP contribution in [0.5, 0.6) is 0 Å². The predicted octanol–water partition coefficient (Wildman–Crippen LogP) is 3.00. The van der Waals surface area contributed by atoms with Gasteiger partial charge >= 0.3 is 6.18 Å². The zero-order valence-electron chi connectivity index (χ0n) is 14.5. The average Bonchev–Trinajstić information content (AvgIpc) is 2.73. The van der Waals surface area contributed by atoms with Gasteiger partial charge in [0.2, 0.25) is 0 Å². The number of likely N-dealkylation sites (tertiary alicyclic amines) is 1. The van der Waals surface area contributed by atoms with Crippen LogP contribution < -0.4 is 10.6 Å². The van der Waals surface area contributed by atoms with Crippen LogP contribution in [0.15, 0.2) is 4.99 Å². The molecule has 0 amide bonds. The van der Waals surface area contributed by atoms with Crippen LogP contribution >= 0.6 is 0 Å². The quantitative estimate of drug-likeness (QED) is 0.579. The largest absolute Gasteiger partial charge is 0.390 e. The fourth-order valence-electron chi connectivity index (χ4n) is 2.96. The molecule has 0 aromatic heterocycles. The second-order valence-corrected chi connectivity index (χ2v) is 6.51. The van der Waals surface area contributed by atoms with Gasteiger partial charge in [-0.3, -0.25) is 9.89 Å². The molecule has 0 aromatic rings. The lowest BCUT2D eigenvalue weighted by Gasteiger charge is -2.34. The van der Waals surface area contributed by atoms with Crippen LogP contribution in [0.25, 0.3) is 0 Å². The first-order chi connectivity index (χ1) is 10.8. The third-order valence-corrected chi connectivity index (χ3v) is 4.28. The number of halogens is 3. The molecule has 23 heavy (non-hydrogen) atoms. The Morgan fingerprint density at radius 2 is 1.70 bits per heavy atom. The van der Waals surface area contributed by atoms with Crippen molar-refractivity contribution in [2.24, 2.45) is 10.9 Å². The van der Waals surface area contributed by atoms with Crippen LogP contribution in [0.4, 0.5) is 13.2 Å². The second-order valence-electron chi connectivity index (χ2n) is 6.51. The molecule has 136 valence electrons. The Bertz CT molecular complexity index is 348. The lowest BCUT2D eigenvalue weighted by Crippen LogP contribution is -2.50. The Hall–Kier alpha value is -0.980. The molecule has 1 unspecified atom stereocenters. The van der Waals surface area contributed by atoms with E-state index in [4.69, 9.17) is 0 Å². The highest BCUT2D eigenvalue weighted by Crippen LogP contribution is 2.18. The van der Waals surface area contributed by atoms with Gasteiger partial charge in [-0.2, -0.15) is 13.2 Å². The van der Waals surface area contributed by atoms with Crippen molar-refractivity contribution in [2.75, 3.05) is 33.2 Å². The molecule has 0 aromatic carbocycles. The van der Waals surface area contributed by atoms with Crippen molar-refractivity contribution >= 4 is 5.96 Å². The molecule has 1 heterocycles. The minimum Gasteiger partial charge on any atom is -0.356 e. The fourth-order valence-corrected chi connectivity index (χ4v) is 2.96. The zero-order chi connectivity index (χ0) is 17.3. The van der Waals surface area contributed by atoms with Crippen LogP contribution in [0.3, 0.4) is 0 Å². The summed E-state index contributed by atoms with van der Waals surface area (Å²) in [4.78, 5) is 6.52. The van der Waals surface area contributed by atoms with E-state index < -0.39 is 12.6 Å². The molecule has 1 rings (SSSR count). The predicted molar refractivity (Wildman–Crippen MR) is 88.7 cm³/mol. The Balaban J connectivity index is 2.45. The SMILES string of the molecule is CN=C(NCCC(F)(F)F)NCC(C(C)C)N1CCCCCC1. The highest BCUT2D eigenvalue weighted by atomic mass is 19.4. The number of nitrogens with zero attached hydrogens (tertiary/aromatic N) is 2. The highest BCUT2D eigenvalue weighted by Gasteiger charge is 2.26. The van der Waals surface area contributed by atoms with Crippen LogP contribution in [-0.4, -0.2) is 56.3 Å². The second kappa shape index (κ2) is 10.0. The molecule has 4 nitrogen and oxygen atoms in total. The maximum atomic E-state index is 12.2. The van der Waals surface area contributed by atoms with E-state index in [-0.39, 0.29) is 6.54 Å². The van der Waals surface area contributed by atoms with Crippen LogP contribution in [0.2, 0.25) is 0 Å². The average molecular weight is 336 g/mol. The van der Waals surface area contributed by atoms with E-state index in [1.807, 2.05) is 0 Å². The fraction of sp³-hybridized carbons (Fsp3) is 0.938. The number of hydrogen-bond acceptors (Lipinski definition) is 2. The van der Waals surface area contributed by atoms with E-state index in [9.17, 15) is 13.2 Å². The highest BCUT2D eigenvalue weighted by molar-refractivity contribution is 5.79. The van der Waals surface area contributed by atoms with E-state index >= 15 is 0 Å². The maximum Gasteiger partial charge on any atom is 0.390 e. The summed E-state index contributed by atoms with van der Waals surface area (Å²) in [6, 6.07) is 0.370. The standard InChI is InChI=1S/C16H31F3N4/c1-13(2)14(23-10-6-4-5-7-11-23)12-22-15(20-3)21-9-8-16(17,18)19/h13-14H,4-12H2,1-3H3,(H2,20,21,22). The van der Waals surface area contributed by atoms with Gasteiger partial charge in [-0.25, -0.2) is 0 Å². The summed E-state index contributed by atoms with van der Waals surface area (Å²) in [5.41, 5.74) is 0. The lowest BCUT2D eigenvalue weighted by atomic mass is 10.0. The normalized spacial score (nSPS) is 19.5. The van der Waals surface area contributed by atoms with Crippen molar-refractivity contribution in [3.63, 3.8) is 0 Å². The molecule has 1 aliphatic heterocycles. The summed E-state index contributed by atoms with van der Waals surface area (Å²) in [6.45, 7) is 7.13. The number of hydrogen-bond donors (Lipinski definition) is 2. The van der Waals surface area contributed by atoms with Gasteiger partial charge in [0.15, 0.2) is 5.96 Å². The van der Waals surface area contributed by atoms with Gasteiger partial charge in [0.05, 0.1) is 6.42 Å². The number of nitrogens with one attached hydrogen (secondary N) is 2. The molecular weight excluding hydrogens is 305 g/mol. The molecule has 0 saturated carbocycles. The number of guanidine groups is 1.